The first-order valence-corrected chi connectivity index (χ1v) is 7.38. The Kier molecular flexibility index (Phi) is 4.52. The van der Waals surface area contributed by atoms with Crippen molar-refractivity contribution in [1.82, 2.24) is 4.57 Å². The lowest BCUT2D eigenvalue weighted by molar-refractivity contribution is 0.0685. The molecule has 3 nitrogen and oxygen atoms in total. The lowest BCUT2D eigenvalue weighted by Gasteiger charge is -2.12. The molecule has 0 aliphatic heterocycles. The van der Waals surface area contributed by atoms with E-state index in [-0.39, 0.29) is 0 Å². The average molecular weight is 390 g/mol. The zero-order chi connectivity index (χ0) is 14.0. The van der Waals surface area contributed by atoms with Gasteiger partial charge in [0, 0.05) is 26.4 Å². The first-order valence-electron chi connectivity index (χ1n) is 5.92. The fraction of sp³-hybridized carbons (Fsp3) is 0.214. The van der Waals surface area contributed by atoms with Gasteiger partial charge in [-0.3, -0.25) is 0 Å². The molecule has 0 atom stereocenters. The quantitative estimate of drug-likeness (QED) is 0.781. The monoisotopic (exact) mass is 389 g/mol. The van der Waals surface area contributed by atoms with E-state index in [9.17, 15) is 9.90 Å². The van der Waals surface area contributed by atoms with Gasteiger partial charge in [0.15, 0.2) is 0 Å². The molecule has 1 aromatic heterocycles. The number of carbonyl (C=O) groups is 1. The zero-order valence-corrected chi connectivity index (χ0v) is 13.3. The second-order valence-corrected chi connectivity index (χ2v) is 5.78. The fourth-order valence-electron chi connectivity index (χ4n) is 2.05. The molecular weight excluding hydrogens is 377 g/mol. The van der Waals surface area contributed by atoms with Crippen LogP contribution in [0.5, 0.6) is 0 Å². The highest BCUT2D eigenvalue weighted by molar-refractivity contribution is 14.1. The van der Waals surface area contributed by atoms with Crippen LogP contribution in [-0.4, -0.2) is 15.6 Å². The van der Waals surface area contributed by atoms with Crippen molar-refractivity contribution in [3.8, 4) is 11.3 Å². The smallest absolute Gasteiger partial charge is 0.352 e. The number of benzene rings is 1. The summed E-state index contributed by atoms with van der Waals surface area (Å²) in [6.07, 6.45) is 0.881. The molecule has 0 fully saturated rings. The van der Waals surface area contributed by atoms with Crippen LogP contribution in [0.4, 0.5) is 0 Å². The molecule has 1 N–H and O–H groups in total. The molecule has 0 aliphatic rings. The minimum atomic E-state index is -0.899. The number of aromatic carboxylic acids is 1. The Morgan fingerprint density at radius 2 is 2.11 bits per heavy atom. The van der Waals surface area contributed by atoms with Crippen LogP contribution in [0.1, 0.15) is 23.8 Å². The number of carboxylic acids is 1. The highest BCUT2D eigenvalue weighted by Crippen LogP contribution is 2.29. The van der Waals surface area contributed by atoms with Gasteiger partial charge in [-0.25, -0.2) is 4.79 Å². The van der Waals surface area contributed by atoms with E-state index in [1.165, 1.54) is 0 Å². The molecule has 2 aromatic rings. The van der Waals surface area contributed by atoms with Crippen molar-refractivity contribution < 1.29 is 9.90 Å². The molecular formula is C14H13ClINO2. The van der Waals surface area contributed by atoms with E-state index in [0.29, 0.717) is 17.3 Å². The fourth-order valence-corrected chi connectivity index (χ4v) is 3.20. The topological polar surface area (TPSA) is 42.2 Å². The van der Waals surface area contributed by atoms with E-state index in [0.717, 1.165) is 21.2 Å². The largest absolute Gasteiger partial charge is 0.477 e. The molecule has 1 aromatic carbocycles. The maximum Gasteiger partial charge on any atom is 0.352 e. The molecule has 0 bridgehead atoms. The van der Waals surface area contributed by atoms with Gasteiger partial charge < -0.3 is 9.67 Å². The predicted molar refractivity (Wildman–Crippen MR) is 84.8 cm³/mol. The normalized spacial score (nSPS) is 10.7. The molecule has 1 heterocycles. The lowest BCUT2D eigenvalue weighted by Crippen LogP contribution is -2.09. The summed E-state index contributed by atoms with van der Waals surface area (Å²) in [5.41, 5.74) is 2.24. The van der Waals surface area contributed by atoms with Crippen LogP contribution in [0.25, 0.3) is 11.3 Å². The predicted octanol–water partition coefficient (Wildman–Crippen LogP) is 4.52. The van der Waals surface area contributed by atoms with Gasteiger partial charge in [0.2, 0.25) is 0 Å². The van der Waals surface area contributed by atoms with Gasteiger partial charge in [-0.1, -0.05) is 24.6 Å². The molecule has 2 rings (SSSR count). The summed E-state index contributed by atoms with van der Waals surface area (Å²) in [5.74, 6) is -0.899. The van der Waals surface area contributed by atoms with Crippen molar-refractivity contribution in [3.05, 3.63) is 44.6 Å². The van der Waals surface area contributed by atoms with Crippen molar-refractivity contribution in [1.29, 1.82) is 0 Å². The van der Waals surface area contributed by atoms with Gasteiger partial charge in [0.25, 0.3) is 0 Å². The number of hydrogen-bond acceptors (Lipinski definition) is 1. The standard InChI is InChI=1S/C14H13ClINO2/c1-2-7-17-12(5-6-13(17)14(18)19)10-4-3-9(15)8-11(10)16/h3-6,8H,2,7H2,1H3,(H,18,19). The molecule has 19 heavy (non-hydrogen) atoms. The summed E-state index contributed by atoms with van der Waals surface area (Å²) in [6, 6.07) is 9.13. The van der Waals surface area contributed by atoms with Crippen LogP contribution in [0.2, 0.25) is 5.02 Å². The van der Waals surface area contributed by atoms with Crippen LogP contribution in [-0.2, 0) is 6.54 Å². The Bertz CT molecular complexity index is 622. The number of rotatable bonds is 4. The lowest BCUT2D eigenvalue weighted by atomic mass is 10.1. The highest BCUT2D eigenvalue weighted by Gasteiger charge is 2.16. The average Bonchev–Trinajstić information content (AvgIpc) is 2.73. The van der Waals surface area contributed by atoms with Gasteiger partial charge in [0.05, 0.1) is 0 Å². The Balaban J connectivity index is 2.58. The van der Waals surface area contributed by atoms with Crippen LogP contribution in [0, 0.1) is 3.57 Å². The second kappa shape index (κ2) is 5.96. The van der Waals surface area contributed by atoms with E-state index in [1.807, 2.05) is 35.8 Å². The van der Waals surface area contributed by atoms with Crippen molar-refractivity contribution in [2.45, 2.75) is 19.9 Å². The molecule has 0 saturated carbocycles. The zero-order valence-electron chi connectivity index (χ0n) is 10.4. The first-order chi connectivity index (χ1) is 9.04. The van der Waals surface area contributed by atoms with E-state index in [2.05, 4.69) is 22.6 Å². The van der Waals surface area contributed by atoms with Gasteiger partial charge in [-0.2, -0.15) is 0 Å². The Morgan fingerprint density at radius 3 is 2.68 bits per heavy atom. The molecule has 0 saturated heterocycles. The second-order valence-electron chi connectivity index (χ2n) is 4.18. The number of halogens is 2. The van der Waals surface area contributed by atoms with Crippen LogP contribution in [0.3, 0.4) is 0 Å². The summed E-state index contributed by atoms with van der Waals surface area (Å²) < 4.78 is 2.85. The SMILES string of the molecule is CCCn1c(C(=O)O)ccc1-c1ccc(Cl)cc1I. The summed E-state index contributed by atoms with van der Waals surface area (Å²) >= 11 is 8.17. The van der Waals surface area contributed by atoms with E-state index < -0.39 is 5.97 Å². The third kappa shape index (κ3) is 2.95. The molecule has 0 spiro atoms. The number of aromatic nitrogens is 1. The third-order valence-corrected chi connectivity index (χ3v) is 3.98. The summed E-state index contributed by atoms with van der Waals surface area (Å²) in [5, 5.41) is 9.90. The van der Waals surface area contributed by atoms with Crippen molar-refractivity contribution in [3.63, 3.8) is 0 Å². The first kappa shape index (κ1) is 14.4. The van der Waals surface area contributed by atoms with Gasteiger partial charge in [-0.05, 0) is 53.3 Å². The molecule has 0 radical (unpaired) electrons. The van der Waals surface area contributed by atoms with Gasteiger partial charge >= 0.3 is 5.97 Å². The van der Waals surface area contributed by atoms with E-state index in [1.54, 1.807) is 6.07 Å². The van der Waals surface area contributed by atoms with Crippen molar-refractivity contribution >= 4 is 40.2 Å². The minimum absolute atomic E-state index is 0.322. The number of carboxylic acid groups (broad SMARTS) is 1. The maximum atomic E-state index is 11.2. The van der Waals surface area contributed by atoms with Crippen LogP contribution < -0.4 is 0 Å². The highest BCUT2D eigenvalue weighted by atomic mass is 127. The Hall–Kier alpha value is -1.01. The molecule has 0 unspecified atom stereocenters. The minimum Gasteiger partial charge on any atom is -0.477 e. The number of hydrogen-bond donors (Lipinski definition) is 1. The number of nitrogens with zero attached hydrogens (tertiary/aromatic N) is 1. The molecule has 0 aliphatic carbocycles. The Morgan fingerprint density at radius 1 is 1.37 bits per heavy atom. The molecule has 5 heteroatoms. The van der Waals surface area contributed by atoms with Crippen LogP contribution >= 0.6 is 34.2 Å². The third-order valence-electron chi connectivity index (χ3n) is 2.85. The van der Waals surface area contributed by atoms with E-state index >= 15 is 0 Å². The Labute approximate surface area is 130 Å². The summed E-state index contributed by atoms with van der Waals surface area (Å²) in [6.45, 7) is 2.71. The molecule has 0 amide bonds. The maximum absolute atomic E-state index is 11.2. The van der Waals surface area contributed by atoms with E-state index in [4.69, 9.17) is 11.6 Å². The van der Waals surface area contributed by atoms with Gasteiger partial charge in [0.1, 0.15) is 5.69 Å². The van der Waals surface area contributed by atoms with Crippen LogP contribution in [0.15, 0.2) is 30.3 Å². The van der Waals surface area contributed by atoms with Crippen molar-refractivity contribution in [2.75, 3.05) is 0 Å². The molecule has 100 valence electrons. The van der Waals surface area contributed by atoms with Gasteiger partial charge in [-0.15, -0.1) is 0 Å². The summed E-state index contributed by atoms with van der Waals surface area (Å²) in [7, 11) is 0. The summed E-state index contributed by atoms with van der Waals surface area (Å²) in [4.78, 5) is 11.2. The van der Waals surface area contributed by atoms with Crippen molar-refractivity contribution in [2.24, 2.45) is 0 Å².